The zero-order valence-corrected chi connectivity index (χ0v) is 7.81. The van der Waals surface area contributed by atoms with Crippen molar-refractivity contribution in [3.63, 3.8) is 0 Å². The van der Waals surface area contributed by atoms with Crippen molar-refractivity contribution in [2.75, 3.05) is 0 Å². The molecule has 0 aromatic heterocycles. The minimum atomic E-state index is -4.62. The molecule has 16 heavy (non-hydrogen) atoms. The summed E-state index contributed by atoms with van der Waals surface area (Å²) in [6.07, 6.45) is 0. The van der Waals surface area contributed by atoms with Gasteiger partial charge in [0.25, 0.3) is 10.1 Å². The molecular formula is C8H10Li2O5S. The Morgan fingerprint density at radius 2 is 1.56 bits per heavy atom. The van der Waals surface area contributed by atoms with Gasteiger partial charge in [-0.1, -0.05) is 30.3 Å². The molecule has 0 aliphatic rings. The first kappa shape index (κ1) is 18.2. The Labute approximate surface area is 117 Å². The van der Waals surface area contributed by atoms with Gasteiger partial charge in [0.05, 0.1) is 0 Å². The summed E-state index contributed by atoms with van der Waals surface area (Å²) in [5, 5.41) is 6.71. The monoisotopic (exact) mass is 232 g/mol. The quantitative estimate of drug-likeness (QED) is 0.536. The maximum absolute atomic E-state index is 10.7. The van der Waals surface area contributed by atoms with E-state index in [4.69, 9.17) is 9.66 Å². The number of carboxylic acid groups (broad SMARTS) is 1. The third-order valence-electron chi connectivity index (χ3n) is 1.62. The molecule has 1 aromatic rings. The fourth-order valence-corrected chi connectivity index (χ4v) is 1.83. The Morgan fingerprint density at radius 3 is 1.88 bits per heavy atom. The normalized spacial score (nSPS) is 11.8. The molecule has 1 aromatic carbocycles. The van der Waals surface area contributed by atoms with E-state index in [1.54, 1.807) is 6.07 Å². The summed E-state index contributed by atoms with van der Waals surface area (Å²) < 4.78 is 30.2. The number of carbonyl (C=O) groups is 1. The van der Waals surface area contributed by atoms with E-state index in [9.17, 15) is 13.2 Å². The van der Waals surface area contributed by atoms with Crippen molar-refractivity contribution in [2.45, 2.75) is 5.25 Å². The molecule has 2 N–H and O–H groups in total. The molecule has 5 nitrogen and oxygen atoms in total. The molecule has 1 atom stereocenters. The zero-order chi connectivity index (χ0) is 10.8. The second kappa shape index (κ2) is 7.19. The molecule has 0 fully saturated rings. The number of rotatable bonds is 3. The van der Waals surface area contributed by atoms with E-state index in [0.29, 0.717) is 0 Å². The van der Waals surface area contributed by atoms with E-state index in [2.05, 4.69) is 0 Å². The van der Waals surface area contributed by atoms with E-state index in [1.807, 2.05) is 0 Å². The minimum absolute atomic E-state index is 0. The molecule has 0 heterocycles. The fourth-order valence-electron chi connectivity index (χ4n) is 1.07. The van der Waals surface area contributed by atoms with Crippen LogP contribution in [0, 0.1) is 0 Å². The standard InChI is InChI=1S/C8H8O5S.2Li.2H/c9-8(10)7(14(11,12)13)6-4-2-1-3-5-6;;;;/h1-5,7H,(H,9,10)(H,11,12,13);;;;. The number of hydrogen-bond donors (Lipinski definition) is 2. The van der Waals surface area contributed by atoms with Gasteiger partial charge in [-0.2, -0.15) is 8.42 Å². The maximum atomic E-state index is 10.7. The van der Waals surface area contributed by atoms with Crippen LogP contribution < -0.4 is 0 Å². The van der Waals surface area contributed by atoms with Gasteiger partial charge in [-0.15, -0.1) is 0 Å². The van der Waals surface area contributed by atoms with Crippen molar-refractivity contribution in [1.82, 2.24) is 0 Å². The number of hydrogen-bond acceptors (Lipinski definition) is 3. The Balaban J connectivity index is 0. The summed E-state index contributed by atoms with van der Waals surface area (Å²) >= 11 is 0. The van der Waals surface area contributed by atoms with Crippen LogP contribution >= 0.6 is 0 Å². The molecule has 1 unspecified atom stereocenters. The topological polar surface area (TPSA) is 91.7 Å². The van der Waals surface area contributed by atoms with Crippen LogP contribution in [0.1, 0.15) is 10.8 Å². The van der Waals surface area contributed by atoms with Crippen LogP contribution in [0.2, 0.25) is 0 Å². The van der Waals surface area contributed by atoms with Gasteiger partial charge in [0.1, 0.15) is 0 Å². The second-order valence-electron chi connectivity index (χ2n) is 2.64. The number of aliphatic carboxylic acids is 1. The van der Waals surface area contributed by atoms with E-state index in [1.165, 1.54) is 24.3 Å². The number of carboxylic acids is 1. The van der Waals surface area contributed by atoms with Crippen molar-refractivity contribution >= 4 is 53.8 Å². The summed E-state index contributed by atoms with van der Waals surface area (Å²) in [5.41, 5.74) is 0.0301. The summed E-state index contributed by atoms with van der Waals surface area (Å²) in [6, 6.07) is 7.26. The van der Waals surface area contributed by atoms with Crippen LogP contribution in [0.25, 0.3) is 0 Å². The molecule has 0 aliphatic carbocycles. The van der Waals surface area contributed by atoms with Crippen LogP contribution in [0.15, 0.2) is 30.3 Å². The van der Waals surface area contributed by atoms with Gasteiger partial charge >= 0.3 is 43.7 Å². The number of benzene rings is 1. The third-order valence-corrected chi connectivity index (χ3v) is 2.69. The van der Waals surface area contributed by atoms with Gasteiger partial charge in [-0.25, -0.2) is 0 Å². The predicted octanol–water partition coefficient (Wildman–Crippen LogP) is -0.597. The molecule has 0 saturated carbocycles. The van der Waals surface area contributed by atoms with Crippen LogP contribution in [-0.4, -0.2) is 61.8 Å². The molecule has 0 spiro atoms. The molecule has 0 saturated heterocycles. The van der Waals surface area contributed by atoms with Crippen LogP contribution in [0.5, 0.6) is 0 Å². The van der Waals surface area contributed by atoms with Gasteiger partial charge in [0.15, 0.2) is 0 Å². The Bertz CT molecular complexity index is 431. The average molecular weight is 232 g/mol. The fraction of sp³-hybridized carbons (Fsp3) is 0.125. The first-order chi connectivity index (χ1) is 6.43. The molecule has 0 bridgehead atoms. The molecule has 0 aliphatic heterocycles. The Kier molecular flexibility index (Phi) is 8.16. The van der Waals surface area contributed by atoms with Crippen molar-refractivity contribution in [1.29, 1.82) is 0 Å². The summed E-state index contributed by atoms with van der Waals surface area (Å²) in [6.45, 7) is 0. The van der Waals surface area contributed by atoms with E-state index >= 15 is 0 Å². The summed E-state index contributed by atoms with van der Waals surface area (Å²) in [5.74, 6) is -1.60. The molecular weight excluding hydrogens is 222 g/mol. The van der Waals surface area contributed by atoms with E-state index in [0.717, 1.165) is 0 Å². The average Bonchev–Trinajstić information content (AvgIpc) is 2.02. The van der Waals surface area contributed by atoms with Gasteiger partial charge in [0.2, 0.25) is 5.25 Å². The van der Waals surface area contributed by atoms with Crippen molar-refractivity contribution in [3.05, 3.63) is 35.9 Å². The Morgan fingerprint density at radius 1 is 1.12 bits per heavy atom. The van der Waals surface area contributed by atoms with Crippen molar-refractivity contribution < 1.29 is 22.9 Å². The van der Waals surface area contributed by atoms with Crippen molar-refractivity contribution in [2.24, 2.45) is 0 Å². The SMILES string of the molecule is O=C(O)C(c1ccccc1)S(=O)(=O)O.[LiH].[LiH]. The Hall–Kier alpha value is -0.205. The molecule has 8 heteroatoms. The molecule has 80 valence electrons. The van der Waals surface area contributed by atoms with Gasteiger partial charge in [0, 0.05) is 0 Å². The first-order valence-corrected chi connectivity index (χ1v) is 5.17. The first-order valence-electron chi connectivity index (χ1n) is 3.67. The molecule has 1 rings (SSSR count). The second-order valence-corrected chi connectivity index (χ2v) is 4.15. The predicted molar refractivity (Wildman–Crippen MR) is 62.7 cm³/mol. The van der Waals surface area contributed by atoms with Gasteiger partial charge in [-0.05, 0) is 5.56 Å². The van der Waals surface area contributed by atoms with Gasteiger partial charge in [-0.3, -0.25) is 9.35 Å². The third kappa shape index (κ3) is 4.75. The molecule has 0 radical (unpaired) electrons. The zero-order valence-electron chi connectivity index (χ0n) is 6.99. The van der Waals surface area contributed by atoms with Crippen molar-refractivity contribution in [3.8, 4) is 0 Å². The van der Waals surface area contributed by atoms with E-state index < -0.39 is 21.3 Å². The summed E-state index contributed by atoms with van der Waals surface area (Å²) in [7, 11) is -4.62. The van der Waals surface area contributed by atoms with E-state index in [-0.39, 0.29) is 43.3 Å². The van der Waals surface area contributed by atoms with Crippen LogP contribution in [-0.2, 0) is 14.9 Å². The van der Waals surface area contributed by atoms with Crippen LogP contribution in [0.4, 0.5) is 0 Å². The van der Waals surface area contributed by atoms with Crippen LogP contribution in [0.3, 0.4) is 0 Å². The molecule has 0 amide bonds. The summed E-state index contributed by atoms with van der Waals surface area (Å²) in [4.78, 5) is 10.6. The van der Waals surface area contributed by atoms with Gasteiger partial charge < -0.3 is 5.11 Å².